The van der Waals surface area contributed by atoms with E-state index in [2.05, 4.69) is 44.6 Å². The van der Waals surface area contributed by atoms with Crippen LogP contribution >= 0.6 is 11.3 Å². The Hall–Kier alpha value is -3.84. The topological polar surface area (TPSA) is 79.8 Å². The summed E-state index contributed by atoms with van der Waals surface area (Å²) in [5, 5.41) is 8.32. The number of amides is 1. The van der Waals surface area contributed by atoms with E-state index in [0.29, 0.717) is 13.0 Å². The first-order chi connectivity index (χ1) is 15.7. The minimum absolute atomic E-state index is 0.0780. The molecule has 0 spiro atoms. The summed E-state index contributed by atoms with van der Waals surface area (Å²) in [6.07, 6.45) is 3.60. The van der Waals surface area contributed by atoms with Gasteiger partial charge >= 0.3 is 0 Å². The molecule has 0 radical (unpaired) electrons. The third-order valence-electron chi connectivity index (χ3n) is 5.28. The van der Waals surface area contributed by atoms with Crippen molar-refractivity contribution in [2.75, 3.05) is 17.2 Å². The third-order valence-corrected chi connectivity index (χ3v) is 6.29. The second kappa shape index (κ2) is 8.72. The Balaban J connectivity index is 1.33. The van der Waals surface area contributed by atoms with Crippen molar-refractivity contribution in [3.8, 4) is 11.1 Å². The van der Waals surface area contributed by atoms with Gasteiger partial charge in [-0.1, -0.05) is 48.5 Å². The highest BCUT2D eigenvalue weighted by Gasteiger charge is 2.16. The number of pyridine rings is 1. The molecule has 0 saturated heterocycles. The van der Waals surface area contributed by atoms with Gasteiger partial charge < -0.3 is 10.6 Å². The maximum absolute atomic E-state index is 12.6. The van der Waals surface area contributed by atoms with E-state index in [-0.39, 0.29) is 5.91 Å². The summed E-state index contributed by atoms with van der Waals surface area (Å²) in [4.78, 5) is 28.0. The van der Waals surface area contributed by atoms with Gasteiger partial charge in [-0.15, -0.1) is 11.3 Å². The van der Waals surface area contributed by atoms with Crippen LogP contribution in [0.1, 0.15) is 11.3 Å². The minimum atomic E-state index is -0.0780. The number of thiophene rings is 1. The van der Waals surface area contributed by atoms with E-state index in [0.717, 1.165) is 43.8 Å². The summed E-state index contributed by atoms with van der Waals surface area (Å²) >= 11 is 1.65. The number of hydrogen-bond donors (Lipinski definition) is 2. The zero-order valence-corrected chi connectivity index (χ0v) is 18.3. The van der Waals surface area contributed by atoms with Crippen LogP contribution in [0.3, 0.4) is 0 Å². The number of anilines is 2. The van der Waals surface area contributed by atoms with Crippen molar-refractivity contribution in [3.05, 3.63) is 78.1 Å². The monoisotopic (exact) mass is 439 g/mol. The molecule has 2 N–H and O–H groups in total. The molecule has 0 aliphatic heterocycles. The lowest BCUT2D eigenvalue weighted by atomic mass is 10.0. The van der Waals surface area contributed by atoms with E-state index in [4.69, 9.17) is 0 Å². The van der Waals surface area contributed by atoms with Gasteiger partial charge in [0.15, 0.2) is 0 Å². The van der Waals surface area contributed by atoms with Gasteiger partial charge in [0.2, 0.25) is 5.91 Å². The van der Waals surface area contributed by atoms with Crippen molar-refractivity contribution >= 4 is 49.9 Å². The molecule has 3 aromatic heterocycles. The number of hydrogen-bond acceptors (Lipinski definition) is 6. The lowest BCUT2D eigenvalue weighted by Gasteiger charge is -2.10. The normalized spacial score (nSPS) is 11.0. The van der Waals surface area contributed by atoms with E-state index < -0.39 is 0 Å². The van der Waals surface area contributed by atoms with Crippen LogP contribution in [0.2, 0.25) is 0 Å². The van der Waals surface area contributed by atoms with E-state index in [1.807, 2.05) is 48.5 Å². The lowest BCUT2D eigenvalue weighted by Crippen LogP contribution is -2.17. The van der Waals surface area contributed by atoms with E-state index in [1.165, 1.54) is 4.88 Å². The summed E-state index contributed by atoms with van der Waals surface area (Å²) in [7, 11) is 0. The molecule has 7 heteroatoms. The van der Waals surface area contributed by atoms with Gasteiger partial charge in [0.25, 0.3) is 0 Å². The first kappa shape index (κ1) is 20.1. The standard InChI is InChI=1S/C25H21N5OS/c1-16-21(17-7-3-2-4-8-17)22-24(28-15-29-25(22)32-16)27-14-12-20(31)30-19-11-5-9-18-10-6-13-26-23(18)19/h2-11,13,15H,12,14H2,1H3,(H,30,31)(H,27,28,29). The van der Waals surface area contributed by atoms with Crippen molar-refractivity contribution in [1.29, 1.82) is 0 Å². The number of carbonyl (C=O) groups is 1. The van der Waals surface area contributed by atoms with Gasteiger partial charge in [-0.25, -0.2) is 9.97 Å². The molecule has 0 aliphatic carbocycles. The van der Waals surface area contributed by atoms with Crippen molar-refractivity contribution < 1.29 is 4.79 Å². The Labute approximate surface area is 189 Å². The van der Waals surface area contributed by atoms with Gasteiger partial charge in [-0.05, 0) is 24.6 Å². The Bertz CT molecular complexity index is 1410. The van der Waals surface area contributed by atoms with Crippen LogP contribution in [0.15, 0.2) is 73.2 Å². The molecular weight excluding hydrogens is 418 g/mol. The van der Waals surface area contributed by atoms with Crippen molar-refractivity contribution in [1.82, 2.24) is 15.0 Å². The quantitative estimate of drug-likeness (QED) is 0.357. The van der Waals surface area contributed by atoms with Gasteiger partial charge in [0, 0.05) is 35.0 Å². The highest BCUT2D eigenvalue weighted by atomic mass is 32.1. The number of nitrogens with one attached hydrogen (secondary N) is 2. The number of fused-ring (bicyclic) bond motifs is 2. The minimum Gasteiger partial charge on any atom is -0.369 e. The predicted molar refractivity (Wildman–Crippen MR) is 131 cm³/mol. The van der Waals surface area contributed by atoms with Crippen LogP contribution in [0.4, 0.5) is 11.5 Å². The number of aryl methyl sites for hydroxylation is 1. The van der Waals surface area contributed by atoms with Crippen molar-refractivity contribution in [3.63, 3.8) is 0 Å². The van der Waals surface area contributed by atoms with Crippen molar-refractivity contribution in [2.45, 2.75) is 13.3 Å². The highest BCUT2D eigenvalue weighted by Crippen LogP contribution is 2.40. The van der Waals surface area contributed by atoms with Crippen LogP contribution in [0.25, 0.3) is 32.2 Å². The number of rotatable bonds is 6. The van der Waals surface area contributed by atoms with Gasteiger partial charge in [-0.3, -0.25) is 9.78 Å². The fourth-order valence-corrected chi connectivity index (χ4v) is 4.86. The molecule has 0 atom stereocenters. The Morgan fingerprint density at radius 3 is 2.69 bits per heavy atom. The zero-order chi connectivity index (χ0) is 21.9. The molecule has 32 heavy (non-hydrogen) atoms. The Kier molecular flexibility index (Phi) is 5.47. The van der Waals surface area contributed by atoms with Crippen molar-refractivity contribution in [2.24, 2.45) is 0 Å². The van der Waals surface area contributed by atoms with Crippen LogP contribution < -0.4 is 10.6 Å². The van der Waals surface area contributed by atoms with E-state index in [1.54, 1.807) is 23.9 Å². The van der Waals surface area contributed by atoms with Crippen LogP contribution in [-0.2, 0) is 4.79 Å². The number of benzene rings is 2. The summed E-state index contributed by atoms with van der Waals surface area (Å²) in [5.74, 6) is 0.670. The average Bonchev–Trinajstić information content (AvgIpc) is 3.16. The molecule has 5 rings (SSSR count). The number of carbonyl (C=O) groups excluding carboxylic acids is 1. The van der Waals surface area contributed by atoms with Crippen LogP contribution in [-0.4, -0.2) is 27.4 Å². The fraction of sp³-hybridized carbons (Fsp3) is 0.120. The summed E-state index contributed by atoms with van der Waals surface area (Å²) in [6.45, 7) is 2.56. The maximum Gasteiger partial charge on any atom is 0.226 e. The molecule has 0 bridgehead atoms. The molecule has 0 aliphatic rings. The summed E-state index contributed by atoms with van der Waals surface area (Å²) in [5.41, 5.74) is 3.78. The largest absolute Gasteiger partial charge is 0.369 e. The van der Waals surface area contributed by atoms with Crippen LogP contribution in [0, 0.1) is 6.92 Å². The molecule has 0 unspecified atom stereocenters. The van der Waals surface area contributed by atoms with Crippen LogP contribution in [0.5, 0.6) is 0 Å². The molecule has 1 amide bonds. The first-order valence-electron chi connectivity index (χ1n) is 10.4. The molecule has 6 nitrogen and oxygen atoms in total. The third kappa shape index (κ3) is 3.90. The summed E-state index contributed by atoms with van der Waals surface area (Å²) in [6, 6.07) is 19.9. The summed E-state index contributed by atoms with van der Waals surface area (Å²) < 4.78 is 0. The second-order valence-electron chi connectivity index (χ2n) is 7.41. The average molecular weight is 440 g/mol. The van der Waals surface area contributed by atoms with Gasteiger partial charge in [-0.2, -0.15) is 0 Å². The molecular formula is C25H21N5OS. The van der Waals surface area contributed by atoms with E-state index >= 15 is 0 Å². The second-order valence-corrected chi connectivity index (χ2v) is 8.61. The molecule has 0 fully saturated rings. The highest BCUT2D eigenvalue weighted by molar-refractivity contribution is 7.19. The van der Waals surface area contributed by atoms with E-state index in [9.17, 15) is 4.79 Å². The molecule has 5 aromatic rings. The smallest absolute Gasteiger partial charge is 0.226 e. The fourth-order valence-electron chi connectivity index (χ4n) is 3.84. The van der Waals surface area contributed by atoms with Gasteiger partial charge in [0.1, 0.15) is 17.0 Å². The molecule has 158 valence electrons. The first-order valence-corrected chi connectivity index (χ1v) is 11.2. The molecule has 3 heterocycles. The SMILES string of the molecule is Cc1sc2ncnc(NCCC(=O)Nc3cccc4cccnc34)c2c1-c1ccccc1. The number of aromatic nitrogens is 3. The number of nitrogens with zero attached hydrogens (tertiary/aromatic N) is 3. The lowest BCUT2D eigenvalue weighted by molar-refractivity contribution is -0.115. The predicted octanol–water partition coefficient (Wildman–Crippen LogP) is 5.66. The number of para-hydroxylation sites is 1. The maximum atomic E-state index is 12.6. The van der Waals surface area contributed by atoms with Gasteiger partial charge in [0.05, 0.1) is 16.6 Å². The molecule has 2 aromatic carbocycles. The zero-order valence-electron chi connectivity index (χ0n) is 17.5. The Morgan fingerprint density at radius 1 is 0.969 bits per heavy atom. The Morgan fingerprint density at radius 2 is 1.81 bits per heavy atom. The molecule has 0 saturated carbocycles.